The molecule has 2 aromatic heterocycles. The van der Waals surface area contributed by atoms with Gasteiger partial charge in [-0.2, -0.15) is 0 Å². The standard InChI is InChI=1S/C24H28N6O2S/c1-30(11-13-3-4-13)24(31)14-5-6-16-20(8-14)33-23-21(16)22(27-12-28-23)29-18-7-15(10-25)17(26)9-19(18)32-2/h7,9-10,12-14,25H,3-6,8,11,26H2,1-2H3,(H,27,28,29). The van der Waals surface area contributed by atoms with Gasteiger partial charge in [0.25, 0.3) is 0 Å². The number of aromatic nitrogens is 2. The number of carbonyl (C=O) groups excluding carboxylic acids is 1. The minimum atomic E-state index is 0.0334. The molecule has 3 aromatic rings. The van der Waals surface area contributed by atoms with E-state index in [0.29, 0.717) is 34.4 Å². The summed E-state index contributed by atoms with van der Waals surface area (Å²) in [6.07, 6.45) is 7.70. The number of hydrogen-bond acceptors (Lipinski definition) is 8. The number of nitrogens with zero attached hydrogens (tertiary/aromatic N) is 3. The average molecular weight is 465 g/mol. The second kappa shape index (κ2) is 8.62. The van der Waals surface area contributed by atoms with Gasteiger partial charge < -0.3 is 26.1 Å². The third-order valence-corrected chi connectivity index (χ3v) is 7.78. The summed E-state index contributed by atoms with van der Waals surface area (Å²) in [5.41, 5.74) is 9.02. The van der Waals surface area contributed by atoms with Gasteiger partial charge in [-0.05, 0) is 49.7 Å². The SMILES string of the molecule is COc1cc(N)c(C=N)cc1Nc1ncnc2sc3c(c12)CCC(C(=O)N(C)CC1CC1)C3. The molecule has 2 aliphatic rings. The lowest BCUT2D eigenvalue weighted by molar-refractivity contribution is -0.134. The molecule has 172 valence electrons. The molecule has 0 aliphatic heterocycles. The third kappa shape index (κ3) is 4.13. The molecule has 2 heterocycles. The highest BCUT2D eigenvalue weighted by Gasteiger charge is 2.32. The summed E-state index contributed by atoms with van der Waals surface area (Å²) < 4.78 is 5.50. The van der Waals surface area contributed by atoms with Crippen LogP contribution in [0.15, 0.2) is 18.5 Å². The molecule has 5 rings (SSSR count). The highest BCUT2D eigenvalue weighted by molar-refractivity contribution is 7.19. The molecule has 33 heavy (non-hydrogen) atoms. The number of nitrogens with one attached hydrogen (secondary N) is 2. The first-order chi connectivity index (χ1) is 16.0. The van der Waals surface area contributed by atoms with Crippen molar-refractivity contribution in [3.8, 4) is 5.75 Å². The van der Waals surface area contributed by atoms with E-state index in [1.165, 1.54) is 29.5 Å². The van der Waals surface area contributed by atoms with Gasteiger partial charge in [0, 0.05) is 47.9 Å². The lowest BCUT2D eigenvalue weighted by Crippen LogP contribution is -2.36. The maximum Gasteiger partial charge on any atom is 0.225 e. The van der Waals surface area contributed by atoms with Gasteiger partial charge in [-0.1, -0.05) is 0 Å². The second-order valence-electron chi connectivity index (χ2n) is 8.96. The molecule has 4 N–H and O–H groups in total. The zero-order valence-electron chi connectivity index (χ0n) is 18.9. The number of ether oxygens (including phenoxy) is 1. The lowest BCUT2D eigenvalue weighted by atomic mass is 9.87. The van der Waals surface area contributed by atoms with Crippen molar-refractivity contribution in [3.05, 3.63) is 34.5 Å². The molecular formula is C24H28N6O2S. The Labute approximate surface area is 196 Å². The van der Waals surface area contributed by atoms with E-state index in [1.807, 2.05) is 11.9 Å². The van der Waals surface area contributed by atoms with Crippen LogP contribution in [0.4, 0.5) is 17.2 Å². The van der Waals surface area contributed by atoms with Crippen molar-refractivity contribution in [2.24, 2.45) is 11.8 Å². The van der Waals surface area contributed by atoms with Gasteiger partial charge in [0.1, 0.15) is 22.7 Å². The molecule has 0 spiro atoms. The fourth-order valence-corrected chi connectivity index (χ4v) is 5.90. The zero-order chi connectivity index (χ0) is 23.1. The molecular weight excluding hydrogens is 436 g/mol. The van der Waals surface area contributed by atoms with Crippen LogP contribution in [0.5, 0.6) is 5.75 Å². The number of nitrogens with two attached hydrogens (primary N) is 1. The molecule has 9 heteroatoms. The van der Waals surface area contributed by atoms with Crippen molar-refractivity contribution in [2.75, 3.05) is 31.8 Å². The van der Waals surface area contributed by atoms with Gasteiger partial charge >= 0.3 is 0 Å². The molecule has 0 saturated heterocycles. The van der Waals surface area contributed by atoms with E-state index in [4.69, 9.17) is 15.9 Å². The van der Waals surface area contributed by atoms with Crippen LogP contribution in [0.25, 0.3) is 10.2 Å². The van der Waals surface area contributed by atoms with Crippen LogP contribution in [0, 0.1) is 17.2 Å². The van der Waals surface area contributed by atoms with Crippen molar-refractivity contribution in [3.63, 3.8) is 0 Å². The number of benzene rings is 1. The summed E-state index contributed by atoms with van der Waals surface area (Å²) in [5.74, 6) is 2.28. The maximum atomic E-state index is 13.0. The van der Waals surface area contributed by atoms with Gasteiger partial charge in [-0.15, -0.1) is 11.3 Å². The number of hydrogen-bond donors (Lipinski definition) is 3. The first-order valence-electron chi connectivity index (χ1n) is 11.2. The van der Waals surface area contributed by atoms with Crippen molar-refractivity contribution in [1.29, 1.82) is 5.41 Å². The Morgan fingerprint density at radius 3 is 2.91 bits per heavy atom. The molecule has 1 fully saturated rings. The summed E-state index contributed by atoms with van der Waals surface area (Å²) >= 11 is 1.65. The highest BCUT2D eigenvalue weighted by Crippen LogP contribution is 2.42. The van der Waals surface area contributed by atoms with Crippen LogP contribution in [-0.2, 0) is 17.6 Å². The average Bonchev–Trinajstić information content (AvgIpc) is 3.55. The fourth-order valence-electron chi connectivity index (χ4n) is 4.64. The number of thiophene rings is 1. The Balaban J connectivity index is 1.45. The van der Waals surface area contributed by atoms with Crippen molar-refractivity contribution in [2.45, 2.75) is 32.1 Å². The van der Waals surface area contributed by atoms with Gasteiger partial charge in [0.15, 0.2) is 0 Å². The summed E-state index contributed by atoms with van der Waals surface area (Å²) in [6.45, 7) is 0.884. The van der Waals surface area contributed by atoms with E-state index in [-0.39, 0.29) is 11.8 Å². The Bertz CT molecular complexity index is 1240. The summed E-state index contributed by atoms with van der Waals surface area (Å²) in [7, 11) is 3.53. The quantitative estimate of drug-likeness (QED) is 0.359. The zero-order valence-corrected chi connectivity index (χ0v) is 19.7. The van der Waals surface area contributed by atoms with E-state index >= 15 is 0 Å². The summed E-state index contributed by atoms with van der Waals surface area (Å²) in [4.78, 5) is 26.1. The van der Waals surface area contributed by atoms with Gasteiger partial charge in [0.05, 0.1) is 18.2 Å². The summed E-state index contributed by atoms with van der Waals surface area (Å²) in [5, 5.41) is 12.0. The van der Waals surface area contributed by atoms with Crippen LogP contribution < -0.4 is 15.8 Å². The molecule has 2 aliphatic carbocycles. The first kappa shape index (κ1) is 21.6. The topological polar surface area (TPSA) is 117 Å². The van der Waals surface area contributed by atoms with Crippen molar-refractivity contribution < 1.29 is 9.53 Å². The Morgan fingerprint density at radius 1 is 1.36 bits per heavy atom. The van der Waals surface area contributed by atoms with E-state index in [0.717, 1.165) is 36.0 Å². The smallest absolute Gasteiger partial charge is 0.225 e. The fraction of sp³-hybridized carbons (Fsp3) is 0.417. The minimum Gasteiger partial charge on any atom is -0.494 e. The van der Waals surface area contributed by atoms with E-state index in [1.54, 1.807) is 36.9 Å². The Morgan fingerprint density at radius 2 is 2.18 bits per heavy atom. The third-order valence-electron chi connectivity index (χ3n) is 6.61. The minimum absolute atomic E-state index is 0.0334. The normalized spacial score (nSPS) is 17.5. The molecule has 1 aromatic carbocycles. The van der Waals surface area contributed by atoms with Crippen LogP contribution in [0.3, 0.4) is 0 Å². The van der Waals surface area contributed by atoms with Gasteiger partial charge in [-0.25, -0.2) is 9.97 Å². The molecule has 8 nitrogen and oxygen atoms in total. The maximum absolute atomic E-state index is 13.0. The van der Waals surface area contributed by atoms with Crippen LogP contribution in [0.1, 0.15) is 35.3 Å². The van der Waals surface area contributed by atoms with Gasteiger partial charge in [0.2, 0.25) is 5.91 Å². The molecule has 0 bridgehead atoms. The number of fused-ring (bicyclic) bond motifs is 3. The van der Waals surface area contributed by atoms with Crippen molar-refractivity contribution in [1.82, 2.24) is 14.9 Å². The van der Waals surface area contributed by atoms with Crippen LogP contribution in [-0.4, -0.2) is 47.7 Å². The van der Waals surface area contributed by atoms with Crippen LogP contribution in [0.2, 0.25) is 0 Å². The number of methoxy groups -OCH3 is 1. The number of anilines is 3. The number of carbonyl (C=O) groups is 1. The molecule has 1 amide bonds. The first-order valence-corrected chi connectivity index (χ1v) is 12.0. The Kier molecular flexibility index (Phi) is 5.65. The number of nitrogen functional groups attached to an aromatic ring is 1. The predicted molar refractivity (Wildman–Crippen MR) is 132 cm³/mol. The number of rotatable bonds is 7. The lowest BCUT2D eigenvalue weighted by Gasteiger charge is -2.26. The monoisotopic (exact) mass is 464 g/mol. The summed E-state index contributed by atoms with van der Waals surface area (Å²) in [6, 6.07) is 3.50. The van der Waals surface area contributed by atoms with E-state index in [2.05, 4.69) is 15.3 Å². The highest BCUT2D eigenvalue weighted by atomic mass is 32.1. The largest absolute Gasteiger partial charge is 0.494 e. The molecule has 1 atom stereocenters. The molecule has 1 unspecified atom stereocenters. The van der Waals surface area contributed by atoms with Crippen LogP contribution >= 0.6 is 11.3 Å². The predicted octanol–water partition coefficient (Wildman–Crippen LogP) is 4.00. The molecule has 0 radical (unpaired) electrons. The number of amides is 1. The van der Waals surface area contributed by atoms with Crippen molar-refractivity contribution >= 4 is 50.9 Å². The van der Waals surface area contributed by atoms with E-state index < -0.39 is 0 Å². The number of aryl methyl sites for hydroxylation is 1. The molecule has 1 saturated carbocycles. The van der Waals surface area contributed by atoms with Gasteiger partial charge in [-0.3, -0.25) is 4.79 Å². The Hall–Kier alpha value is -3.20. The van der Waals surface area contributed by atoms with E-state index in [9.17, 15) is 4.79 Å². The second-order valence-corrected chi connectivity index (χ2v) is 10.0.